The van der Waals surface area contributed by atoms with Gasteiger partial charge >= 0.3 is 0 Å². The first-order valence-corrected chi connectivity index (χ1v) is 6.70. The second kappa shape index (κ2) is 5.50. The van der Waals surface area contributed by atoms with E-state index in [0.717, 1.165) is 16.4 Å². The van der Waals surface area contributed by atoms with E-state index in [1.54, 1.807) is 11.3 Å². The number of carbonyl (C=O) groups excluding carboxylic acids is 1. The van der Waals surface area contributed by atoms with Gasteiger partial charge in [0, 0.05) is 4.88 Å². The number of aryl methyl sites for hydroxylation is 2. The molecule has 0 N–H and O–H groups in total. The molecule has 18 heavy (non-hydrogen) atoms. The number of carbonyl (C=O) groups is 1. The van der Waals surface area contributed by atoms with Crippen molar-refractivity contribution in [2.75, 3.05) is 13.6 Å². The van der Waals surface area contributed by atoms with Gasteiger partial charge in [0.25, 0.3) is 0 Å². The zero-order chi connectivity index (χ0) is 13.1. The van der Waals surface area contributed by atoms with Crippen molar-refractivity contribution in [2.24, 2.45) is 0 Å². The maximum atomic E-state index is 12.0. The van der Waals surface area contributed by atoms with Crippen LogP contribution in [0.3, 0.4) is 0 Å². The molecule has 0 saturated carbocycles. The second-order valence-corrected chi connectivity index (χ2v) is 5.81. The molecule has 96 valence electrons. The molecule has 0 aliphatic carbocycles. The first-order chi connectivity index (χ1) is 8.54. The summed E-state index contributed by atoms with van der Waals surface area (Å²) in [5, 5.41) is 0. The summed E-state index contributed by atoms with van der Waals surface area (Å²) in [6.07, 6.45) is 0. The lowest BCUT2D eigenvalue weighted by atomic mass is 10.3. The lowest BCUT2D eigenvalue weighted by molar-refractivity contribution is 0.0943. The maximum absolute atomic E-state index is 12.0. The van der Waals surface area contributed by atoms with Crippen molar-refractivity contribution in [3.63, 3.8) is 0 Å². The monoisotopic (exact) mass is 263 g/mol. The van der Waals surface area contributed by atoms with Gasteiger partial charge in [-0.15, -0.1) is 11.3 Å². The zero-order valence-electron chi connectivity index (χ0n) is 10.9. The number of thiophene rings is 1. The maximum Gasteiger partial charge on any atom is 0.186 e. The Morgan fingerprint density at radius 1 is 1.28 bits per heavy atom. The third-order valence-corrected chi connectivity index (χ3v) is 3.69. The van der Waals surface area contributed by atoms with Crippen LogP contribution in [0.5, 0.6) is 0 Å². The van der Waals surface area contributed by atoms with Crippen LogP contribution in [-0.2, 0) is 6.54 Å². The smallest absolute Gasteiger partial charge is 0.186 e. The zero-order valence-corrected chi connectivity index (χ0v) is 11.7. The van der Waals surface area contributed by atoms with E-state index in [0.29, 0.717) is 13.1 Å². The largest absolute Gasteiger partial charge is 0.465 e. The number of rotatable bonds is 5. The fourth-order valence-electron chi connectivity index (χ4n) is 1.80. The third-order valence-electron chi connectivity index (χ3n) is 2.65. The van der Waals surface area contributed by atoms with Gasteiger partial charge < -0.3 is 4.42 Å². The highest BCUT2D eigenvalue weighted by molar-refractivity contribution is 7.14. The van der Waals surface area contributed by atoms with Gasteiger partial charge in [0.2, 0.25) is 0 Å². The van der Waals surface area contributed by atoms with Gasteiger partial charge in [0.05, 0.1) is 18.0 Å². The van der Waals surface area contributed by atoms with Crippen LogP contribution in [0.2, 0.25) is 0 Å². The van der Waals surface area contributed by atoms with Crippen LogP contribution in [0.15, 0.2) is 28.7 Å². The molecule has 0 amide bonds. The minimum absolute atomic E-state index is 0.166. The Morgan fingerprint density at radius 3 is 2.61 bits per heavy atom. The van der Waals surface area contributed by atoms with Gasteiger partial charge in [0.1, 0.15) is 11.5 Å². The van der Waals surface area contributed by atoms with E-state index in [1.165, 1.54) is 4.88 Å². The Bertz CT molecular complexity index is 541. The lowest BCUT2D eigenvalue weighted by Crippen LogP contribution is -2.24. The summed E-state index contributed by atoms with van der Waals surface area (Å²) in [7, 11) is 1.93. The van der Waals surface area contributed by atoms with Crippen LogP contribution in [-0.4, -0.2) is 24.3 Å². The van der Waals surface area contributed by atoms with Crippen LogP contribution in [0.1, 0.15) is 26.1 Å². The molecule has 3 nitrogen and oxygen atoms in total. The lowest BCUT2D eigenvalue weighted by Gasteiger charge is -2.13. The molecule has 0 fully saturated rings. The summed E-state index contributed by atoms with van der Waals surface area (Å²) in [5.41, 5.74) is 0. The highest BCUT2D eigenvalue weighted by Crippen LogP contribution is 2.16. The Kier molecular flexibility index (Phi) is 3.99. The fourth-order valence-corrected chi connectivity index (χ4v) is 2.60. The van der Waals surface area contributed by atoms with Crippen LogP contribution in [0.4, 0.5) is 0 Å². The van der Waals surface area contributed by atoms with Gasteiger partial charge in [-0.25, -0.2) is 0 Å². The quantitative estimate of drug-likeness (QED) is 0.776. The molecule has 2 heterocycles. The van der Waals surface area contributed by atoms with E-state index in [-0.39, 0.29) is 5.78 Å². The van der Waals surface area contributed by atoms with Gasteiger partial charge in [0.15, 0.2) is 5.78 Å². The van der Waals surface area contributed by atoms with Gasteiger partial charge in [-0.2, -0.15) is 0 Å². The minimum atomic E-state index is 0.166. The number of Topliss-reactive ketones (excluding diaryl/α,β-unsaturated/α-hetero) is 1. The molecule has 0 saturated heterocycles. The molecule has 0 atom stereocenters. The SMILES string of the molecule is Cc1ccc(CN(C)CC(=O)c2ccc(C)s2)o1. The molecule has 2 aromatic rings. The molecule has 0 aromatic carbocycles. The van der Waals surface area contributed by atoms with Crippen LogP contribution >= 0.6 is 11.3 Å². The summed E-state index contributed by atoms with van der Waals surface area (Å²) in [5.74, 6) is 1.96. The molecule has 4 heteroatoms. The highest BCUT2D eigenvalue weighted by Gasteiger charge is 2.12. The molecule has 0 bridgehead atoms. The van der Waals surface area contributed by atoms with Crippen molar-refractivity contribution in [3.8, 4) is 0 Å². The fraction of sp³-hybridized carbons (Fsp3) is 0.357. The molecular formula is C14H17NO2S. The second-order valence-electron chi connectivity index (χ2n) is 4.52. The Hall–Kier alpha value is -1.39. The van der Waals surface area contributed by atoms with E-state index in [4.69, 9.17) is 4.42 Å². The van der Waals surface area contributed by atoms with E-state index in [1.807, 2.05) is 50.1 Å². The number of furan rings is 1. The summed E-state index contributed by atoms with van der Waals surface area (Å²) in [6.45, 7) is 5.00. The molecule has 0 radical (unpaired) electrons. The molecular weight excluding hydrogens is 246 g/mol. The Morgan fingerprint density at radius 2 is 2.06 bits per heavy atom. The normalized spacial score (nSPS) is 11.1. The first kappa shape index (κ1) is 13.1. The van der Waals surface area contributed by atoms with Gasteiger partial charge in [-0.1, -0.05) is 0 Å². The predicted molar refractivity (Wildman–Crippen MR) is 73.2 cm³/mol. The topological polar surface area (TPSA) is 33.5 Å². The summed E-state index contributed by atoms with van der Waals surface area (Å²) < 4.78 is 5.50. The molecule has 2 rings (SSSR count). The molecule has 0 spiro atoms. The average Bonchev–Trinajstić information content (AvgIpc) is 2.87. The average molecular weight is 263 g/mol. The van der Waals surface area contributed by atoms with Crippen LogP contribution in [0.25, 0.3) is 0 Å². The summed E-state index contributed by atoms with van der Waals surface area (Å²) in [4.78, 5) is 16.0. The summed E-state index contributed by atoms with van der Waals surface area (Å²) >= 11 is 1.55. The van der Waals surface area contributed by atoms with Gasteiger partial charge in [-0.3, -0.25) is 9.69 Å². The standard InChI is InChI=1S/C14H17NO2S/c1-10-4-6-12(17-10)8-15(3)9-13(16)14-7-5-11(2)18-14/h4-7H,8-9H2,1-3H3. The summed E-state index contributed by atoms with van der Waals surface area (Å²) in [6, 6.07) is 7.76. The predicted octanol–water partition coefficient (Wildman–Crippen LogP) is 3.27. The van der Waals surface area contributed by atoms with E-state index >= 15 is 0 Å². The molecule has 0 unspecified atom stereocenters. The van der Waals surface area contributed by atoms with Crippen molar-refractivity contribution in [1.82, 2.24) is 4.90 Å². The van der Waals surface area contributed by atoms with Crippen LogP contribution < -0.4 is 0 Å². The van der Waals surface area contributed by atoms with E-state index < -0.39 is 0 Å². The molecule has 2 aromatic heterocycles. The highest BCUT2D eigenvalue weighted by atomic mass is 32.1. The Balaban J connectivity index is 1.91. The van der Waals surface area contributed by atoms with Crippen molar-refractivity contribution in [3.05, 3.63) is 45.5 Å². The number of hydrogen-bond acceptors (Lipinski definition) is 4. The Labute approximate surface area is 111 Å². The van der Waals surface area contributed by atoms with Crippen molar-refractivity contribution >= 4 is 17.1 Å². The van der Waals surface area contributed by atoms with Crippen LogP contribution in [0, 0.1) is 13.8 Å². The van der Waals surface area contributed by atoms with Crippen molar-refractivity contribution < 1.29 is 9.21 Å². The van der Waals surface area contributed by atoms with Crippen molar-refractivity contribution in [1.29, 1.82) is 0 Å². The minimum Gasteiger partial charge on any atom is -0.465 e. The number of nitrogens with zero attached hydrogens (tertiary/aromatic N) is 1. The number of likely N-dealkylation sites (N-methyl/N-ethyl adjacent to an activating group) is 1. The number of hydrogen-bond donors (Lipinski definition) is 0. The van der Waals surface area contributed by atoms with Crippen molar-refractivity contribution in [2.45, 2.75) is 20.4 Å². The van der Waals surface area contributed by atoms with E-state index in [9.17, 15) is 4.79 Å². The van der Waals surface area contributed by atoms with Gasteiger partial charge in [-0.05, 0) is 45.2 Å². The molecule has 0 aliphatic rings. The number of ketones is 1. The first-order valence-electron chi connectivity index (χ1n) is 5.88. The van der Waals surface area contributed by atoms with E-state index in [2.05, 4.69) is 0 Å². The molecule has 0 aliphatic heterocycles. The third kappa shape index (κ3) is 3.31.